The van der Waals surface area contributed by atoms with E-state index in [0.29, 0.717) is 5.69 Å². The van der Waals surface area contributed by atoms with E-state index in [1.807, 2.05) is 30.3 Å². The van der Waals surface area contributed by atoms with E-state index in [-0.39, 0.29) is 17.5 Å². The van der Waals surface area contributed by atoms with Crippen molar-refractivity contribution in [3.63, 3.8) is 0 Å². The van der Waals surface area contributed by atoms with Crippen molar-refractivity contribution in [2.24, 2.45) is 0 Å². The largest absolute Gasteiger partial charge is 0.448 e. The number of anilines is 1. The Morgan fingerprint density at radius 2 is 1.67 bits per heavy atom. The fourth-order valence-corrected chi connectivity index (χ4v) is 3.08. The lowest BCUT2D eigenvalue weighted by atomic mass is 10.2. The van der Waals surface area contributed by atoms with Crippen LogP contribution in [0.15, 0.2) is 47.3 Å². The van der Waals surface area contributed by atoms with Gasteiger partial charge in [0.1, 0.15) is 0 Å². The zero-order chi connectivity index (χ0) is 15.0. The number of benzene rings is 2. The van der Waals surface area contributed by atoms with Crippen LogP contribution in [-0.2, 0) is 9.53 Å². The van der Waals surface area contributed by atoms with Crippen molar-refractivity contribution in [3.8, 4) is 0 Å². The highest BCUT2D eigenvalue weighted by Gasteiger charge is 2.31. The van der Waals surface area contributed by atoms with Gasteiger partial charge in [-0.1, -0.05) is 12.1 Å². The number of fused-ring (bicyclic) bond motifs is 2. The van der Waals surface area contributed by atoms with Crippen LogP contribution in [0, 0.1) is 0 Å². The molecular weight excluding hydrogens is 286 g/mol. The fourth-order valence-electron chi connectivity index (χ4n) is 1.96. The minimum absolute atomic E-state index is 0.0787. The lowest BCUT2D eigenvalue weighted by Gasteiger charge is -2.01. The van der Waals surface area contributed by atoms with Gasteiger partial charge in [-0.2, -0.15) is 0 Å². The molecule has 1 aromatic heterocycles. The van der Waals surface area contributed by atoms with Gasteiger partial charge in [0.2, 0.25) is 0 Å². The first-order chi connectivity index (χ1) is 10.1. The van der Waals surface area contributed by atoms with Gasteiger partial charge in [0, 0.05) is 25.9 Å². The van der Waals surface area contributed by atoms with Crippen LogP contribution in [0.25, 0.3) is 20.2 Å². The van der Waals surface area contributed by atoms with Crippen molar-refractivity contribution in [1.29, 1.82) is 0 Å². The van der Waals surface area contributed by atoms with Crippen molar-refractivity contribution in [2.45, 2.75) is 13.0 Å². The van der Waals surface area contributed by atoms with Gasteiger partial charge in [0.15, 0.2) is 11.5 Å². The lowest BCUT2D eigenvalue weighted by Crippen LogP contribution is -2.00. The van der Waals surface area contributed by atoms with Crippen molar-refractivity contribution >= 4 is 43.2 Å². The third kappa shape index (κ3) is 2.73. The highest BCUT2D eigenvalue weighted by atomic mass is 32.1. The summed E-state index contributed by atoms with van der Waals surface area (Å²) in [5, 5.41) is 1.53. The second kappa shape index (κ2) is 5.18. The monoisotopic (exact) mass is 299 g/mol. The zero-order valence-electron chi connectivity index (χ0n) is 11.3. The number of hydrogen-bond acceptors (Lipinski definition) is 5. The van der Waals surface area contributed by atoms with Gasteiger partial charge in [0.25, 0.3) is 0 Å². The maximum atomic E-state index is 12.2. The molecule has 5 heteroatoms. The normalized spacial score (nSPS) is 16.2. The molecule has 4 rings (SSSR count). The van der Waals surface area contributed by atoms with E-state index in [4.69, 9.17) is 5.73 Å². The summed E-state index contributed by atoms with van der Waals surface area (Å²) >= 11 is 1.60. The Bertz CT molecular complexity index is 901. The summed E-state index contributed by atoms with van der Waals surface area (Å²) < 4.78 is 6.23. The number of carbonyl (C=O) groups is 1. The van der Waals surface area contributed by atoms with Crippen LogP contribution in [0.3, 0.4) is 0 Å². The molecular formula is C16H13NO3S. The van der Waals surface area contributed by atoms with Gasteiger partial charge < -0.3 is 10.5 Å². The predicted molar refractivity (Wildman–Crippen MR) is 85.6 cm³/mol. The number of rotatable bonds is 0. The van der Waals surface area contributed by atoms with Crippen LogP contribution in [0.4, 0.5) is 5.69 Å². The summed E-state index contributed by atoms with van der Waals surface area (Å²) in [5.41, 5.74) is 6.50. The highest BCUT2D eigenvalue weighted by molar-refractivity contribution is 7.24. The summed E-state index contributed by atoms with van der Waals surface area (Å²) in [6.07, 6.45) is -0.0880. The van der Waals surface area contributed by atoms with E-state index < -0.39 is 0 Å². The summed E-state index contributed by atoms with van der Waals surface area (Å²) in [4.78, 5) is 21.8. The molecule has 4 nitrogen and oxygen atoms in total. The Labute approximate surface area is 124 Å². The van der Waals surface area contributed by atoms with Crippen LogP contribution >= 0.6 is 11.3 Å². The van der Waals surface area contributed by atoms with Gasteiger partial charge in [-0.05, 0) is 37.3 Å². The molecule has 0 spiro atoms. The van der Waals surface area contributed by atoms with Crippen LogP contribution in [-0.4, -0.2) is 12.1 Å². The molecule has 1 aliphatic heterocycles. The first-order valence-electron chi connectivity index (χ1n) is 6.48. The molecule has 0 bridgehead atoms. The molecule has 1 saturated heterocycles. The van der Waals surface area contributed by atoms with E-state index in [2.05, 4.69) is 4.74 Å². The second-order valence-electron chi connectivity index (χ2n) is 4.76. The van der Waals surface area contributed by atoms with E-state index in [0.717, 1.165) is 20.2 Å². The van der Waals surface area contributed by atoms with Gasteiger partial charge in [0.05, 0.1) is 0 Å². The van der Waals surface area contributed by atoms with Crippen LogP contribution in [0.2, 0.25) is 0 Å². The molecule has 1 unspecified atom stereocenters. The first-order valence-corrected chi connectivity index (χ1v) is 7.29. The molecule has 1 fully saturated rings. The first kappa shape index (κ1) is 13.6. The van der Waals surface area contributed by atoms with Crippen molar-refractivity contribution in [2.75, 3.05) is 5.73 Å². The van der Waals surface area contributed by atoms with E-state index in [1.165, 1.54) is 0 Å². The van der Waals surface area contributed by atoms with Crippen LogP contribution < -0.4 is 11.2 Å². The average Bonchev–Trinajstić information content (AvgIpc) is 3.12. The molecule has 2 aromatic carbocycles. The Morgan fingerprint density at radius 3 is 2.33 bits per heavy atom. The molecule has 0 aliphatic carbocycles. The third-order valence-electron chi connectivity index (χ3n) is 3.17. The molecule has 2 N–H and O–H groups in total. The SMILES string of the molecule is CC1OC1=O.Nc1ccc2c(=O)c3ccccc3sc2c1. The molecule has 1 atom stereocenters. The van der Waals surface area contributed by atoms with Gasteiger partial charge in [-0.15, -0.1) is 11.3 Å². The Kier molecular flexibility index (Phi) is 3.35. The summed E-state index contributed by atoms with van der Waals surface area (Å²) in [6, 6.07) is 13.1. The molecule has 0 radical (unpaired) electrons. The number of hydrogen-bond donors (Lipinski definition) is 1. The molecule has 2 heterocycles. The predicted octanol–water partition coefficient (Wildman–Crippen LogP) is 2.93. The summed E-state index contributed by atoms with van der Waals surface area (Å²) in [5.74, 6) is -0.0787. The maximum Gasteiger partial charge on any atom is 0.347 e. The zero-order valence-corrected chi connectivity index (χ0v) is 12.1. The molecule has 1 aliphatic rings. The third-order valence-corrected chi connectivity index (χ3v) is 4.30. The molecule has 0 amide bonds. The lowest BCUT2D eigenvalue weighted by molar-refractivity contribution is -0.117. The number of cyclic esters (lactones) is 1. The van der Waals surface area contributed by atoms with Gasteiger partial charge >= 0.3 is 5.97 Å². The number of epoxide rings is 1. The molecule has 21 heavy (non-hydrogen) atoms. The van der Waals surface area contributed by atoms with E-state index >= 15 is 0 Å². The quantitative estimate of drug-likeness (QED) is 0.393. The molecule has 106 valence electrons. The second-order valence-corrected chi connectivity index (χ2v) is 5.85. The van der Waals surface area contributed by atoms with Crippen LogP contribution in [0.5, 0.6) is 0 Å². The Morgan fingerprint density at radius 1 is 1.05 bits per heavy atom. The highest BCUT2D eigenvalue weighted by Crippen LogP contribution is 2.25. The maximum absolute atomic E-state index is 12.2. The topological polar surface area (TPSA) is 72.7 Å². The standard InChI is InChI=1S/C13H9NOS.C3H4O2/c14-8-5-6-10-12(7-8)16-11-4-2-1-3-9(11)13(10)15;1-2-3(4)5-2/h1-7H,14H2;2H,1H3. The van der Waals surface area contributed by atoms with Crippen LogP contribution in [0.1, 0.15) is 6.92 Å². The van der Waals surface area contributed by atoms with Crippen molar-refractivity contribution < 1.29 is 9.53 Å². The molecule has 3 aromatic rings. The summed E-state index contributed by atoms with van der Waals surface area (Å²) in [6.45, 7) is 1.72. The minimum Gasteiger partial charge on any atom is -0.448 e. The number of ether oxygens (including phenoxy) is 1. The fraction of sp³-hybridized carbons (Fsp3) is 0.125. The van der Waals surface area contributed by atoms with Gasteiger partial charge in [-0.3, -0.25) is 4.79 Å². The van der Waals surface area contributed by atoms with Crippen molar-refractivity contribution in [1.82, 2.24) is 0 Å². The van der Waals surface area contributed by atoms with E-state index in [1.54, 1.807) is 30.4 Å². The van der Waals surface area contributed by atoms with Gasteiger partial charge in [-0.25, -0.2) is 4.79 Å². The number of nitrogen functional groups attached to an aromatic ring is 1. The minimum atomic E-state index is -0.0880. The molecule has 0 saturated carbocycles. The summed E-state index contributed by atoms with van der Waals surface area (Å²) in [7, 11) is 0. The van der Waals surface area contributed by atoms with E-state index in [9.17, 15) is 9.59 Å². The number of carbonyl (C=O) groups excluding carboxylic acids is 1. The number of nitrogens with two attached hydrogens (primary N) is 1. The Hall–Kier alpha value is -2.40. The Balaban J connectivity index is 0.000000225. The smallest absolute Gasteiger partial charge is 0.347 e. The van der Waals surface area contributed by atoms with Crippen molar-refractivity contribution in [3.05, 3.63) is 52.7 Å². The average molecular weight is 299 g/mol.